The van der Waals surface area contributed by atoms with E-state index in [1.807, 2.05) is 6.92 Å². The summed E-state index contributed by atoms with van der Waals surface area (Å²) in [6, 6.07) is 16.4. The Hall–Kier alpha value is -3.65. The van der Waals surface area contributed by atoms with Crippen LogP contribution in [0.15, 0.2) is 65.6 Å². The molecule has 3 aromatic carbocycles. The first-order valence-electron chi connectivity index (χ1n) is 10.4. The molecule has 0 spiro atoms. The molecule has 33 heavy (non-hydrogen) atoms. The number of amides is 1. The molecule has 0 bridgehead atoms. The number of hydrogen-bond acceptors (Lipinski definition) is 5. The lowest BCUT2D eigenvalue weighted by Gasteiger charge is -2.14. The SMILES string of the molecule is CCOC(=O)c1cccc(NC(=O)c2ccc(C)c(S(=O)(=O)Nc3ccc(C)cc3)c2)c1C. The number of carbonyl (C=O) groups excluding carboxylic acids is 2. The zero-order chi connectivity index (χ0) is 24.2. The van der Waals surface area contributed by atoms with Gasteiger partial charge in [0.2, 0.25) is 0 Å². The molecule has 2 N–H and O–H groups in total. The van der Waals surface area contributed by atoms with Gasteiger partial charge < -0.3 is 10.1 Å². The lowest BCUT2D eigenvalue weighted by Crippen LogP contribution is -2.18. The first-order chi connectivity index (χ1) is 15.6. The van der Waals surface area contributed by atoms with Gasteiger partial charge in [-0.3, -0.25) is 9.52 Å². The van der Waals surface area contributed by atoms with Crippen LogP contribution < -0.4 is 10.0 Å². The van der Waals surface area contributed by atoms with Crippen molar-refractivity contribution >= 4 is 33.3 Å². The van der Waals surface area contributed by atoms with Crippen molar-refractivity contribution in [3.63, 3.8) is 0 Å². The zero-order valence-corrected chi connectivity index (χ0v) is 19.7. The maximum absolute atomic E-state index is 13.0. The fourth-order valence-corrected chi connectivity index (χ4v) is 4.59. The number of nitrogens with one attached hydrogen (secondary N) is 2. The fourth-order valence-electron chi connectivity index (χ4n) is 3.26. The molecule has 0 unspecified atom stereocenters. The molecular weight excluding hydrogens is 440 g/mol. The smallest absolute Gasteiger partial charge is 0.338 e. The molecule has 1 amide bonds. The van der Waals surface area contributed by atoms with Crippen molar-refractivity contribution in [1.29, 1.82) is 0 Å². The average Bonchev–Trinajstić information content (AvgIpc) is 2.77. The van der Waals surface area contributed by atoms with Crippen LogP contribution in [0.3, 0.4) is 0 Å². The molecule has 0 saturated heterocycles. The molecule has 0 saturated carbocycles. The Morgan fingerprint density at radius 2 is 1.64 bits per heavy atom. The summed E-state index contributed by atoms with van der Waals surface area (Å²) in [5, 5.41) is 2.76. The van der Waals surface area contributed by atoms with Crippen molar-refractivity contribution < 1.29 is 22.7 Å². The predicted molar refractivity (Wildman–Crippen MR) is 128 cm³/mol. The first-order valence-corrected chi connectivity index (χ1v) is 11.9. The molecular formula is C25H26N2O5S. The number of esters is 1. The van der Waals surface area contributed by atoms with Crippen LogP contribution in [0, 0.1) is 20.8 Å². The topological polar surface area (TPSA) is 102 Å². The minimum absolute atomic E-state index is 0.00715. The van der Waals surface area contributed by atoms with Crippen molar-refractivity contribution in [2.45, 2.75) is 32.6 Å². The van der Waals surface area contributed by atoms with Gasteiger partial charge in [-0.05, 0) is 75.2 Å². The van der Waals surface area contributed by atoms with E-state index in [9.17, 15) is 18.0 Å². The molecule has 7 nitrogen and oxygen atoms in total. The third-order valence-corrected chi connectivity index (χ3v) is 6.64. The van der Waals surface area contributed by atoms with E-state index in [1.165, 1.54) is 6.07 Å². The fraction of sp³-hybridized carbons (Fsp3) is 0.200. The molecule has 0 heterocycles. The molecule has 172 valence electrons. The summed E-state index contributed by atoms with van der Waals surface area (Å²) in [4.78, 5) is 25.1. The lowest BCUT2D eigenvalue weighted by atomic mass is 10.1. The highest BCUT2D eigenvalue weighted by Crippen LogP contribution is 2.24. The summed E-state index contributed by atoms with van der Waals surface area (Å²) < 4.78 is 33.6. The van der Waals surface area contributed by atoms with Gasteiger partial charge in [0.25, 0.3) is 15.9 Å². The Balaban J connectivity index is 1.87. The summed E-state index contributed by atoms with van der Waals surface area (Å²) in [5.74, 6) is -0.970. The molecule has 0 fully saturated rings. The second-order valence-electron chi connectivity index (χ2n) is 7.60. The zero-order valence-electron chi connectivity index (χ0n) is 18.9. The number of aryl methyl sites for hydroxylation is 2. The molecule has 0 aliphatic heterocycles. The number of ether oxygens (including phenoxy) is 1. The van der Waals surface area contributed by atoms with Crippen LogP contribution >= 0.6 is 0 Å². The summed E-state index contributed by atoms with van der Waals surface area (Å²) >= 11 is 0. The predicted octanol–water partition coefficient (Wildman–Crippen LogP) is 4.84. The molecule has 0 aliphatic rings. The normalized spacial score (nSPS) is 11.0. The largest absolute Gasteiger partial charge is 0.462 e. The van der Waals surface area contributed by atoms with E-state index in [0.717, 1.165) is 5.56 Å². The summed E-state index contributed by atoms with van der Waals surface area (Å²) in [7, 11) is -3.91. The number of anilines is 2. The monoisotopic (exact) mass is 466 g/mol. The highest BCUT2D eigenvalue weighted by atomic mass is 32.2. The summed E-state index contributed by atoms with van der Waals surface area (Å²) in [5.41, 5.74) is 3.47. The minimum atomic E-state index is -3.91. The van der Waals surface area contributed by atoms with E-state index in [-0.39, 0.29) is 17.1 Å². The van der Waals surface area contributed by atoms with Gasteiger partial charge in [-0.15, -0.1) is 0 Å². The number of rotatable bonds is 7. The maximum Gasteiger partial charge on any atom is 0.338 e. The van der Waals surface area contributed by atoms with E-state index in [4.69, 9.17) is 4.74 Å². The Kier molecular flexibility index (Phi) is 7.18. The summed E-state index contributed by atoms with van der Waals surface area (Å²) in [6.45, 7) is 7.24. The van der Waals surface area contributed by atoms with Crippen LogP contribution in [0.1, 0.15) is 44.3 Å². The quantitative estimate of drug-likeness (QED) is 0.485. The van der Waals surface area contributed by atoms with Gasteiger partial charge >= 0.3 is 5.97 Å². The average molecular weight is 467 g/mol. The van der Waals surface area contributed by atoms with Gasteiger partial charge in [-0.2, -0.15) is 0 Å². The molecule has 8 heteroatoms. The van der Waals surface area contributed by atoms with Crippen molar-refractivity contribution in [3.05, 3.63) is 88.5 Å². The minimum Gasteiger partial charge on any atom is -0.462 e. The van der Waals surface area contributed by atoms with Crippen molar-refractivity contribution in [2.75, 3.05) is 16.6 Å². The van der Waals surface area contributed by atoms with E-state index < -0.39 is 21.9 Å². The van der Waals surface area contributed by atoms with Crippen molar-refractivity contribution in [3.8, 4) is 0 Å². The Labute approximate surface area is 193 Å². The Bertz CT molecular complexity index is 1300. The Morgan fingerprint density at radius 3 is 2.30 bits per heavy atom. The van der Waals surface area contributed by atoms with E-state index in [1.54, 1.807) is 75.4 Å². The van der Waals surface area contributed by atoms with Gasteiger partial charge in [0.05, 0.1) is 17.1 Å². The molecule has 3 aromatic rings. The van der Waals surface area contributed by atoms with Crippen LogP contribution in [-0.2, 0) is 14.8 Å². The second kappa shape index (κ2) is 9.87. The van der Waals surface area contributed by atoms with Gasteiger partial charge in [0, 0.05) is 16.9 Å². The van der Waals surface area contributed by atoms with Crippen LogP contribution in [0.2, 0.25) is 0 Å². The van der Waals surface area contributed by atoms with Gasteiger partial charge in [0.15, 0.2) is 0 Å². The highest BCUT2D eigenvalue weighted by molar-refractivity contribution is 7.92. The van der Waals surface area contributed by atoms with E-state index in [2.05, 4.69) is 10.0 Å². The van der Waals surface area contributed by atoms with Crippen LogP contribution in [0.4, 0.5) is 11.4 Å². The van der Waals surface area contributed by atoms with E-state index >= 15 is 0 Å². The summed E-state index contributed by atoms with van der Waals surface area (Å²) in [6.07, 6.45) is 0. The van der Waals surface area contributed by atoms with Crippen molar-refractivity contribution in [2.24, 2.45) is 0 Å². The van der Waals surface area contributed by atoms with Crippen LogP contribution in [0.25, 0.3) is 0 Å². The molecule has 0 aromatic heterocycles. The molecule has 0 aliphatic carbocycles. The molecule has 0 atom stereocenters. The standard InChI is InChI=1S/C25H26N2O5S/c1-5-32-25(29)21-7-6-8-22(18(21)4)26-24(28)19-12-11-17(3)23(15-19)33(30,31)27-20-13-9-16(2)10-14-20/h6-15,27H,5H2,1-4H3,(H,26,28). The third-order valence-electron chi connectivity index (χ3n) is 5.12. The van der Waals surface area contributed by atoms with E-state index in [0.29, 0.717) is 28.1 Å². The second-order valence-corrected chi connectivity index (χ2v) is 9.26. The number of benzene rings is 3. The molecule has 3 rings (SSSR count). The first kappa shape index (κ1) is 24.0. The van der Waals surface area contributed by atoms with Gasteiger partial charge in [0.1, 0.15) is 0 Å². The van der Waals surface area contributed by atoms with Gasteiger partial charge in [-0.1, -0.05) is 29.8 Å². The number of carbonyl (C=O) groups is 2. The maximum atomic E-state index is 13.0. The Morgan fingerprint density at radius 1 is 0.939 bits per heavy atom. The highest BCUT2D eigenvalue weighted by Gasteiger charge is 2.20. The number of sulfonamides is 1. The lowest BCUT2D eigenvalue weighted by molar-refractivity contribution is 0.0525. The molecule has 0 radical (unpaired) electrons. The van der Waals surface area contributed by atoms with Gasteiger partial charge in [-0.25, -0.2) is 13.2 Å². The van der Waals surface area contributed by atoms with Crippen LogP contribution in [-0.4, -0.2) is 26.9 Å². The number of hydrogen-bond donors (Lipinski definition) is 2. The van der Waals surface area contributed by atoms with Crippen molar-refractivity contribution in [1.82, 2.24) is 0 Å². The van der Waals surface area contributed by atoms with Crippen LogP contribution in [0.5, 0.6) is 0 Å². The third kappa shape index (κ3) is 5.59.